The number of hydrogen-bond donors (Lipinski definition) is 1. The van der Waals surface area contributed by atoms with Gasteiger partial charge >= 0.3 is 11.9 Å². The van der Waals surface area contributed by atoms with E-state index in [1.807, 2.05) is 0 Å². The van der Waals surface area contributed by atoms with Crippen molar-refractivity contribution >= 4 is 28.8 Å². The molecule has 0 saturated carbocycles. The summed E-state index contributed by atoms with van der Waals surface area (Å²) >= 11 is 1.01. The number of carboxylic acid groups (broad SMARTS) is 1. The summed E-state index contributed by atoms with van der Waals surface area (Å²) in [6, 6.07) is 0. The van der Waals surface area contributed by atoms with Gasteiger partial charge in [0.1, 0.15) is 0 Å². The summed E-state index contributed by atoms with van der Waals surface area (Å²) in [5, 5.41) is 8.49. The quantitative estimate of drug-likeness (QED) is 0.685. The van der Waals surface area contributed by atoms with Crippen molar-refractivity contribution in [2.75, 3.05) is 5.75 Å². The Balaban J connectivity index is 2.44. The Kier molecular flexibility index (Phi) is 3.51. The Morgan fingerprint density at radius 2 is 2.29 bits per heavy atom. The van der Waals surface area contributed by atoms with Crippen LogP contribution < -0.4 is 0 Å². The van der Waals surface area contributed by atoms with Crippen LogP contribution in [0.1, 0.15) is 13.3 Å². The zero-order chi connectivity index (χ0) is 10.7. The normalized spacial score (nSPS) is 25.9. The lowest BCUT2D eigenvalue weighted by atomic mass is 10.1. The number of esters is 1. The Morgan fingerprint density at radius 3 is 2.71 bits per heavy atom. The second kappa shape index (κ2) is 4.45. The van der Waals surface area contributed by atoms with Gasteiger partial charge in [-0.2, -0.15) is 0 Å². The van der Waals surface area contributed by atoms with Gasteiger partial charge in [-0.15, -0.1) is 0 Å². The van der Waals surface area contributed by atoms with Gasteiger partial charge in [-0.05, 0) is 0 Å². The molecule has 1 saturated heterocycles. The standard InChI is InChI=1S/C8H10O5S/c1-4(9)14-3-5-2-6(7(10)11)13-8(5)12/h5-6H,2-3H2,1H3,(H,10,11)/t5-,6+/m1/s1. The van der Waals surface area contributed by atoms with E-state index in [0.29, 0.717) is 5.75 Å². The van der Waals surface area contributed by atoms with E-state index in [0.717, 1.165) is 11.8 Å². The molecule has 0 aliphatic carbocycles. The second-order valence-corrected chi connectivity index (χ2v) is 4.20. The van der Waals surface area contributed by atoms with Gasteiger partial charge in [0, 0.05) is 19.1 Å². The number of ether oxygens (including phenoxy) is 1. The van der Waals surface area contributed by atoms with E-state index < -0.39 is 24.0 Å². The van der Waals surface area contributed by atoms with Gasteiger partial charge in [0.25, 0.3) is 0 Å². The first kappa shape index (κ1) is 11.0. The van der Waals surface area contributed by atoms with E-state index in [2.05, 4.69) is 4.74 Å². The summed E-state index contributed by atoms with van der Waals surface area (Å²) in [5.74, 6) is -1.82. The minimum Gasteiger partial charge on any atom is -0.479 e. The molecule has 14 heavy (non-hydrogen) atoms. The molecule has 1 heterocycles. The molecule has 6 heteroatoms. The molecule has 1 rings (SSSR count). The second-order valence-electron chi connectivity index (χ2n) is 3.00. The van der Waals surface area contributed by atoms with Crippen molar-refractivity contribution in [2.45, 2.75) is 19.4 Å². The van der Waals surface area contributed by atoms with Crippen LogP contribution in [0.3, 0.4) is 0 Å². The average Bonchev–Trinajstić information content (AvgIpc) is 2.43. The molecule has 0 unspecified atom stereocenters. The van der Waals surface area contributed by atoms with Crippen molar-refractivity contribution in [1.82, 2.24) is 0 Å². The summed E-state index contributed by atoms with van der Waals surface area (Å²) in [4.78, 5) is 32.2. The minimum absolute atomic E-state index is 0.0865. The maximum atomic E-state index is 11.1. The Hall–Kier alpha value is -1.04. The molecule has 1 N–H and O–H groups in total. The number of rotatable bonds is 3. The van der Waals surface area contributed by atoms with Crippen LogP contribution >= 0.6 is 11.8 Å². The van der Waals surface area contributed by atoms with Crippen molar-refractivity contribution in [3.05, 3.63) is 0 Å². The van der Waals surface area contributed by atoms with E-state index in [1.165, 1.54) is 6.92 Å². The molecule has 0 aromatic carbocycles. The van der Waals surface area contributed by atoms with Gasteiger partial charge in [-0.1, -0.05) is 11.8 Å². The molecule has 0 radical (unpaired) electrons. The molecule has 5 nitrogen and oxygen atoms in total. The summed E-state index contributed by atoms with van der Waals surface area (Å²) in [6.45, 7) is 1.40. The highest BCUT2D eigenvalue weighted by Crippen LogP contribution is 2.25. The topological polar surface area (TPSA) is 80.7 Å². The first-order valence-corrected chi connectivity index (χ1v) is 5.06. The summed E-state index contributed by atoms with van der Waals surface area (Å²) in [7, 11) is 0. The van der Waals surface area contributed by atoms with E-state index in [9.17, 15) is 14.4 Å². The lowest BCUT2D eigenvalue weighted by molar-refractivity contribution is -0.157. The van der Waals surface area contributed by atoms with E-state index in [4.69, 9.17) is 5.11 Å². The molecule has 1 fully saturated rings. The largest absolute Gasteiger partial charge is 0.479 e. The Bertz CT molecular complexity index is 275. The number of carbonyl (C=O) groups is 3. The molecule has 0 bridgehead atoms. The highest BCUT2D eigenvalue weighted by atomic mass is 32.2. The molecule has 0 aromatic heterocycles. The molecule has 2 atom stereocenters. The summed E-state index contributed by atoms with van der Waals surface area (Å²) in [6.07, 6.45) is -0.880. The Morgan fingerprint density at radius 1 is 1.64 bits per heavy atom. The van der Waals surface area contributed by atoms with Crippen molar-refractivity contribution in [2.24, 2.45) is 5.92 Å². The lowest BCUT2D eigenvalue weighted by Gasteiger charge is -2.00. The molecule has 1 aliphatic heterocycles. The number of carbonyl (C=O) groups excluding carboxylic acids is 2. The first-order valence-electron chi connectivity index (χ1n) is 4.07. The molecule has 0 amide bonds. The maximum Gasteiger partial charge on any atom is 0.345 e. The van der Waals surface area contributed by atoms with Crippen LogP contribution in [0.5, 0.6) is 0 Å². The Labute approximate surface area is 84.8 Å². The molecule has 78 valence electrons. The summed E-state index contributed by atoms with van der Waals surface area (Å²) in [5.41, 5.74) is 0. The maximum absolute atomic E-state index is 11.1. The fourth-order valence-electron chi connectivity index (χ4n) is 1.14. The van der Waals surface area contributed by atoms with Crippen molar-refractivity contribution in [3.8, 4) is 0 Å². The smallest absolute Gasteiger partial charge is 0.345 e. The van der Waals surface area contributed by atoms with Crippen LogP contribution in [0.15, 0.2) is 0 Å². The number of carboxylic acids is 1. The van der Waals surface area contributed by atoms with Crippen LogP contribution in [0, 0.1) is 5.92 Å². The van der Waals surface area contributed by atoms with Gasteiger partial charge in [0.2, 0.25) is 0 Å². The molecule has 0 aromatic rings. The predicted octanol–water partition coefficient (Wildman–Crippen LogP) is 0.282. The third-order valence-electron chi connectivity index (χ3n) is 1.85. The first-order chi connectivity index (χ1) is 6.50. The van der Waals surface area contributed by atoms with Crippen LogP contribution in [0.4, 0.5) is 0 Å². The third kappa shape index (κ3) is 2.73. The zero-order valence-corrected chi connectivity index (χ0v) is 8.37. The van der Waals surface area contributed by atoms with Crippen molar-refractivity contribution in [3.63, 3.8) is 0 Å². The SMILES string of the molecule is CC(=O)SC[C@H]1C[C@@H](C(=O)O)OC1=O. The fraction of sp³-hybridized carbons (Fsp3) is 0.625. The summed E-state index contributed by atoms with van der Waals surface area (Å²) < 4.78 is 4.60. The number of hydrogen-bond acceptors (Lipinski definition) is 5. The van der Waals surface area contributed by atoms with Gasteiger partial charge in [0.15, 0.2) is 11.2 Å². The van der Waals surface area contributed by atoms with Gasteiger partial charge < -0.3 is 9.84 Å². The van der Waals surface area contributed by atoms with Crippen LogP contribution in [0.2, 0.25) is 0 Å². The predicted molar refractivity (Wildman–Crippen MR) is 48.8 cm³/mol. The van der Waals surface area contributed by atoms with Crippen LogP contribution in [-0.2, 0) is 19.1 Å². The zero-order valence-electron chi connectivity index (χ0n) is 7.56. The number of cyclic esters (lactones) is 1. The van der Waals surface area contributed by atoms with Crippen LogP contribution in [0.25, 0.3) is 0 Å². The van der Waals surface area contributed by atoms with Gasteiger partial charge in [0.05, 0.1) is 5.92 Å². The van der Waals surface area contributed by atoms with Crippen molar-refractivity contribution in [1.29, 1.82) is 0 Å². The lowest BCUT2D eigenvalue weighted by Crippen LogP contribution is -2.18. The number of aliphatic carboxylic acids is 1. The minimum atomic E-state index is -1.13. The highest BCUT2D eigenvalue weighted by molar-refractivity contribution is 8.13. The molecular weight excluding hydrogens is 208 g/mol. The fourth-order valence-corrected chi connectivity index (χ4v) is 1.85. The highest BCUT2D eigenvalue weighted by Gasteiger charge is 2.38. The van der Waals surface area contributed by atoms with E-state index in [1.54, 1.807) is 0 Å². The molecular formula is C8H10O5S. The van der Waals surface area contributed by atoms with Crippen LogP contribution in [-0.4, -0.2) is 34.0 Å². The molecule has 0 spiro atoms. The number of thioether (sulfide) groups is 1. The average molecular weight is 218 g/mol. The third-order valence-corrected chi connectivity index (χ3v) is 2.83. The van der Waals surface area contributed by atoms with Crippen molar-refractivity contribution < 1.29 is 24.2 Å². The van der Waals surface area contributed by atoms with E-state index in [-0.39, 0.29) is 11.5 Å². The van der Waals surface area contributed by atoms with E-state index >= 15 is 0 Å². The monoisotopic (exact) mass is 218 g/mol. The van der Waals surface area contributed by atoms with Gasteiger partial charge in [-0.25, -0.2) is 4.79 Å². The molecule has 1 aliphatic rings. The van der Waals surface area contributed by atoms with Gasteiger partial charge in [-0.3, -0.25) is 9.59 Å².